The fourth-order valence-corrected chi connectivity index (χ4v) is 5.04. The molecule has 0 saturated carbocycles. The SMILES string of the molecule is C#CCC(NC1=CC(=O)c2ccc(C#CCC(NC3=CC(=O)c4ccccc4C3=O)c3ccccc3)cc2C1=O)C(O)NN. The van der Waals surface area contributed by atoms with E-state index in [1.165, 1.54) is 12.2 Å². The lowest BCUT2D eigenvalue weighted by Crippen LogP contribution is -2.51. The Hall–Kier alpha value is -5.58. The molecule has 0 aromatic heterocycles. The lowest BCUT2D eigenvalue weighted by molar-refractivity contribution is 0.0906. The van der Waals surface area contributed by atoms with Crippen molar-refractivity contribution in [1.29, 1.82) is 0 Å². The number of carbonyl (C=O) groups is 4. The first-order valence-corrected chi connectivity index (χ1v) is 13.8. The van der Waals surface area contributed by atoms with Crippen LogP contribution in [0.15, 0.2) is 96.3 Å². The van der Waals surface area contributed by atoms with Crippen molar-refractivity contribution in [2.75, 3.05) is 0 Å². The van der Waals surface area contributed by atoms with Crippen molar-refractivity contribution in [3.8, 4) is 24.2 Å². The Morgan fingerprint density at radius 3 is 2.05 bits per heavy atom. The van der Waals surface area contributed by atoms with Crippen LogP contribution in [-0.2, 0) is 0 Å². The molecule has 0 fully saturated rings. The van der Waals surface area contributed by atoms with E-state index in [9.17, 15) is 24.3 Å². The summed E-state index contributed by atoms with van der Waals surface area (Å²) >= 11 is 0. The smallest absolute Gasteiger partial charge is 0.209 e. The summed E-state index contributed by atoms with van der Waals surface area (Å²) in [4.78, 5) is 52.0. The van der Waals surface area contributed by atoms with Gasteiger partial charge in [0.1, 0.15) is 6.23 Å². The first kappa shape index (κ1) is 29.9. The maximum atomic E-state index is 13.3. The van der Waals surface area contributed by atoms with E-state index < -0.39 is 24.1 Å². The molecule has 6 N–H and O–H groups in total. The van der Waals surface area contributed by atoms with Crippen LogP contribution in [0, 0.1) is 24.2 Å². The Labute approximate surface area is 254 Å². The van der Waals surface area contributed by atoms with Crippen LogP contribution in [0.5, 0.6) is 0 Å². The number of hydrogen-bond acceptors (Lipinski definition) is 9. The van der Waals surface area contributed by atoms with Crippen LogP contribution in [0.25, 0.3) is 0 Å². The average Bonchev–Trinajstić information content (AvgIpc) is 3.05. The highest BCUT2D eigenvalue weighted by atomic mass is 16.3. The van der Waals surface area contributed by atoms with Gasteiger partial charge in [-0.3, -0.25) is 25.0 Å². The summed E-state index contributed by atoms with van der Waals surface area (Å²) in [6.45, 7) is 0. The van der Waals surface area contributed by atoms with Crippen molar-refractivity contribution in [2.24, 2.45) is 5.84 Å². The fourth-order valence-electron chi connectivity index (χ4n) is 5.04. The minimum atomic E-state index is -1.26. The molecule has 9 nitrogen and oxygen atoms in total. The molecule has 9 heteroatoms. The van der Waals surface area contributed by atoms with Gasteiger partial charge >= 0.3 is 0 Å². The van der Waals surface area contributed by atoms with Gasteiger partial charge in [0.25, 0.3) is 0 Å². The van der Waals surface area contributed by atoms with Gasteiger partial charge in [-0.1, -0.05) is 66.4 Å². The van der Waals surface area contributed by atoms with E-state index >= 15 is 0 Å². The molecule has 0 amide bonds. The van der Waals surface area contributed by atoms with Crippen LogP contribution in [0.1, 0.15) is 71.4 Å². The highest BCUT2D eigenvalue weighted by Gasteiger charge is 2.29. The monoisotopic (exact) mass is 584 g/mol. The molecule has 218 valence electrons. The number of hydrogen-bond donors (Lipinski definition) is 5. The van der Waals surface area contributed by atoms with E-state index in [1.54, 1.807) is 42.5 Å². The summed E-state index contributed by atoms with van der Waals surface area (Å²) in [7, 11) is 0. The van der Waals surface area contributed by atoms with Gasteiger partial charge in [0.15, 0.2) is 11.6 Å². The predicted octanol–water partition coefficient (Wildman–Crippen LogP) is 2.75. The Kier molecular flexibility index (Phi) is 8.94. The largest absolute Gasteiger partial charge is 0.375 e. The summed E-state index contributed by atoms with van der Waals surface area (Å²) in [5.74, 6) is 12.5. The first-order valence-electron chi connectivity index (χ1n) is 13.8. The molecular weight excluding hydrogens is 556 g/mol. The number of benzene rings is 3. The number of terminal acetylenes is 1. The van der Waals surface area contributed by atoms with Gasteiger partial charge in [-0.15, -0.1) is 12.3 Å². The molecule has 0 radical (unpaired) electrons. The molecular formula is C35H28N4O5. The van der Waals surface area contributed by atoms with Gasteiger partial charge in [-0.2, -0.15) is 0 Å². The second-order valence-corrected chi connectivity index (χ2v) is 10.2. The second-order valence-electron chi connectivity index (χ2n) is 10.2. The maximum absolute atomic E-state index is 13.3. The number of ketones is 4. The molecule has 44 heavy (non-hydrogen) atoms. The molecule has 3 aromatic carbocycles. The lowest BCUT2D eigenvalue weighted by atomic mass is 9.90. The first-order chi connectivity index (χ1) is 21.3. The fraction of sp³-hybridized carbons (Fsp3) is 0.143. The Bertz CT molecular complexity index is 1820. The van der Waals surface area contributed by atoms with Crippen molar-refractivity contribution in [2.45, 2.75) is 31.2 Å². The van der Waals surface area contributed by atoms with E-state index in [0.29, 0.717) is 16.7 Å². The summed E-state index contributed by atoms with van der Waals surface area (Å²) in [6.07, 6.45) is 6.91. The van der Waals surface area contributed by atoms with E-state index in [4.69, 9.17) is 12.3 Å². The molecule has 0 aliphatic heterocycles. The molecule has 3 atom stereocenters. The van der Waals surface area contributed by atoms with Gasteiger partial charge < -0.3 is 15.7 Å². The molecule has 2 aliphatic carbocycles. The standard InChI is InChI=1S/C35H28N4O5/c1-2-9-28(35(44)39-36)38-30-20-32(41)24-17-16-21(18-26(24)34(30)43)10-8-15-27(22-11-4-3-5-12-22)37-29-19-31(40)23-13-6-7-14-25(23)33(29)42/h1,3-7,11-14,16-20,27-28,35,37-39,44H,9,15,36H2. The number of nitrogens with one attached hydrogen (secondary N) is 3. The van der Waals surface area contributed by atoms with Crippen molar-refractivity contribution in [3.05, 3.63) is 130 Å². The normalized spacial score (nSPS) is 15.8. The van der Waals surface area contributed by atoms with E-state index in [1.807, 2.05) is 30.3 Å². The quantitative estimate of drug-likeness (QED) is 0.111. The van der Waals surface area contributed by atoms with E-state index in [-0.39, 0.29) is 52.7 Å². The summed E-state index contributed by atoms with van der Waals surface area (Å²) < 4.78 is 0. The molecule has 2 aliphatic rings. The summed E-state index contributed by atoms with van der Waals surface area (Å²) in [5.41, 5.74) is 4.82. The van der Waals surface area contributed by atoms with Gasteiger partial charge in [-0.25, -0.2) is 5.43 Å². The number of hydrazine groups is 1. The topological polar surface area (TPSA) is 151 Å². The van der Waals surface area contributed by atoms with Gasteiger partial charge in [-0.05, 0) is 23.8 Å². The number of Topliss-reactive ketones (excluding diaryl/α,β-unsaturated/α-hetero) is 2. The Morgan fingerprint density at radius 1 is 0.750 bits per heavy atom. The van der Waals surface area contributed by atoms with Crippen LogP contribution in [-0.4, -0.2) is 40.5 Å². The van der Waals surface area contributed by atoms with Crippen LogP contribution in [0.2, 0.25) is 0 Å². The third-order valence-corrected chi connectivity index (χ3v) is 7.31. The number of carbonyl (C=O) groups excluding carboxylic acids is 4. The van der Waals surface area contributed by atoms with Crippen LogP contribution < -0.4 is 21.9 Å². The molecule has 0 bridgehead atoms. The van der Waals surface area contributed by atoms with Crippen LogP contribution in [0.4, 0.5) is 0 Å². The predicted molar refractivity (Wildman–Crippen MR) is 164 cm³/mol. The Balaban J connectivity index is 1.37. The van der Waals surface area contributed by atoms with Crippen LogP contribution in [0.3, 0.4) is 0 Å². The number of allylic oxidation sites excluding steroid dienone is 4. The molecule has 3 aromatic rings. The zero-order chi connectivity index (χ0) is 31.2. The van der Waals surface area contributed by atoms with E-state index in [2.05, 4.69) is 33.8 Å². The van der Waals surface area contributed by atoms with Crippen molar-refractivity contribution in [1.82, 2.24) is 16.1 Å². The Morgan fingerprint density at radius 2 is 1.36 bits per heavy atom. The lowest BCUT2D eigenvalue weighted by Gasteiger charge is -2.25. The zero-order valence-corrected chi connectivity index (χ0v) is 23.5. The van der Waals surface area contributed by atoms with Crippen molar-refractivity contribution < 1.29 is 24.3 Å². The molecule has 3 unspecified atom stereocenters. The third kappa shape index (κ3) is 6.26. The van der Waals surface area contributed by atoms with Crippen molar-refractivity contribution >= 4 is 23.1 Å². The van der Waals surface area contributed by atoms with Crippen molar-refractivity contribution in [3.63, 3.8) is 0 Å². The van der Waals surface area contributed by atoms with Gasteiger partial charge in [0.05, 0.1) is 23.5 Å². The molecule has 0 saturated heterocycles. The number of rotatable bonds is 9. The number of nitrogens with two attached hydrogens (primary N) is 1. The molecule has 0 spiro atoms. The molecule has 5 rings (SSSR count). The summed E-state index contributed by atoms with van der Waals surface area (Å²) in [5, 5.41) is 16.1. The zero-order valence-electron chi connectivity index (χ0n) is 23.5. The minimum absolute atomic E-state index is 0.0166. The van der Waals surface area contributed by atoms with Gasteiger partial charge in [0, 0.05) is 52.8 Å². The van der Waals surface area contributed by atoms with Crippen LogP contribution >= 0.6 is 0 Å². The van der Waals surface area contributed by atoms with E-state index in [0.717, 1.165) is 5.56 Å². The average molecular weight is 585 g/mol. The highest BCUT2D eigenvalue weighted by Crippen LogP contribution is 2.25. The molecule has 0 heterocycles. The third-order valence-electron chi connectivity index (χ3n) is 7.31. The summed E-state index contributed by atoms with van der Waals surface area (Å²) in [6, 6.07) is 19.6. The second kappa shape index (κ2) is 13.2. The number of aliphatic hydroxyl groups excluding tert-OH is 1. The number of aliphatic hydroxyl groups is 1. The number of fused-ring (bicyclic) bond motifs is 2. The van der Waals surface area contributed by atoms with Gasteiger partial charge in [0.2, 0.25) is 11.6 Å². The minimum Gasteiger partial charge on any atom is -0.375 e. The highest BCUT2D eigenvalue weighted by molar-refractivity contribution is 6.25. The maximum Gasteiger partial charge on any atom is 0.209 e.